The van der Waals surface area contributed by atoms with Gasteiger partial charge >= 0.3 is 0 Å². The topological polar surface area (TPSA) is 52.6 Å². The van der Waals surface area contributed by atoms with E-state index in [1.54, 1.807) is 31.4 Å². The maximum Gasteiger partial charge on any atom is 0.296 e. The molecule has 0 spiro atoms. The third kappa shape index (κ3) is 5.08. The van der Waals surface area contributed by atoms with Crippen LogP contribution in [0.25, 0.3) is 0 Å². The van der Waals surface area contributed by atoms with E-state index in [2.05, 4.69) is 19.9 Å². The van der Waals surface area contributed by atoms with Crippen molar-refractivity contribution in [1.82, 2.24) is 0 Å². The van der Waals surface area contributed by atoms with Crippen LogP contribution in [0.4, 0.5) is 0 Å². The smallest absolute Gasteiger partial charge is 0.296 e. The molecule has 5 heteroatoms. The number of hydrogen-bond donors (Lipinski definition) is 0. The van der Waals surface area contributed by atoms with E-state index in [1.165, 1.54) is 0 Å². The van der Waals surface area contributed by atoms with E-state index in [4.69, 9.17) is 8.92 Å². The van der Waals surface area contributed by atoms with Gasteiger partial charge in [0.05, 0.1) is 18.6 Å². The summed E-state index contributed by atoms with van der Waals surface area (Å²) in [6, 6.07) is 14.7. The van der Waals surface area contributed by atoms with Gasteiger partial charge in [0.15, 0.2) is 0 Å². The van der Waals surface area contributed by atoms with Gasteiger partial charge in [0.25, 0.3) is 10.1 Å². The fourth-order valence-corrected chi connectivity index (χ4v) is 4.14. The zero-order valence-electron chi connectivity index (χ0n) is 15.9. The summed E-state index contributed by atoms with van der Waals surface area (Å²) >= 11 is 0. The van der Waals surface area contributed by atoms with Crippen LogP contribution >= 0.6 is 0 Å². The second-order valence-corrected chi connectivity index (χ2v) is 8.13. The van der Waals surface area contributed by atoms with E-state index in [0.29, 0.717) is 0 Å². The van der Waals surface area contributed by atoms with Crippen LogP contribution in [0.3, 0.4) is 0 Å². The monoisotopic (exact) mass is 376 g/mol. The van der Waals surface area contributed by atoms with Crippen molar-refractivity contribution in [2.45, 2.75) is 44.4 Å². The van der Waals surface area contributed by atoms with E-state index in [9.17, 15) is 8.42 Å². The summed E-state index contributed by atoms with van der Waals surface area (Å²) in [7, 11) is -2.10. The average Bonchev–Trinajstić information content (AvgIpc) is 2.65. The molecular formula is C21H28O4S. The summed E-state index contributed by atoms with van der Waals surface area (Å²) in [5, 5.41) is 0. The van der Waals surface area contributed by atoms with Gasteiger partial charge < -0.3 is 4.74 Å². The van der Waals surface area contributed by atoms with Gasteiger partial charge in [-0.1, -0.05) is 50.1 Å². The number of benzene rings is 2. The lowest BCUT2D eigenvalue weighted by atomic mass is 9.83. The van der Waals surface area contributed by atoms with Crippen molar-refractivity contribution in [2.24, 2.45) is 5.92 Å². The first-order valence-corrected chi connectivity index (χ1v) is 10.4. The van der Waals surface area contributed by atoms with Crippen molar-refractivity contribution in [2.75, 3.05) is 13.7 Å². The first-order valence-electron chi connectivity index (χ1n) is 9.01. The first kappa shape index (κ1) is 20.5. The summed E-state index contributed by atoms with van der Waals surface area (Å²) < 4.78 is 35.7. The molecule has 0 aliphatic carbocycles. The van der Waals surface area contributed by atoms with Crippen LogP contribution in [0.5, 0.6) is 5.75 Å². The third-order valence-electron chi connectivity index (χ3n) is 4.80. The van der Waals surface area contributed by atoms with E-state index < -0.39 is 10.1 Å². The summed E-state index contributed by atoms with van der Waals surface area (Å²) in [5.74, 6) is 1.12. The Bertz CT molecular complexity index is 797. The second-order valence-electron chi connectivity index (χ2n) is 6.51. The minimum absolute atomic E-state index is 0.104. The Kier molecular flexibility index (Phi) is 7.23. The highest BCUT2D eigenvalue weighted by Gasteiger charge is 2.24. The van der Waals surface area contributed by atoms with Gasteiger partial charge in [-0.3, -0.25) is 4.18 Å². The Balaban J connectivity index is 2.15. The lowest BCUT2D eigenvalue weighted by Gasteiger charge is -2.25. The molecule has 0 aliphatic heterocycles. The van der Waals surface area contributed by atoms with Crippen LogP contribution in [-0.4, -0.2) is 22.1 Å². The zero-order valence-corrected chi connectivity index (χ0v) is 16.8. The van der Waals surface area contributed by atoms with Crippen molar-refractivity contribution in [3.8, 4) is 5.75 Å². The molecule has 4 nitrogen and oxygen atoms in total. The molecule has 0 aromatic heterocycles. The van der Waals surface area contributed by atoms with E-state index in [0.717, 1.165) is 29.7 Å². The summed E-state index contributed by atoms with van der Waals surface area (Å²) in [6.07, 6.45) is 1.73. The van der Waals surface area contributed by atoms with Gasteiger partial charge in [-0.2, -0.15) is 8.42 Å². The van der Waals surface area contributed by atoms with Crippen molar-refractivity contribution in [3.63, 3.8) is 0 Å². The molecule has 0 saturated carbocycles. The Morgan fingerprint density at radius 1 is 1.00 bits per heavy atom. The predicted octanol–water partition coefficient (Wildman–Crippen LogP) is 4.93. The molecule has 0 N–H and O–H groups in total. The molecule has 0 amide bonds. The van der Waals surface area contributed by atoms with Crippen molar-refractivity contribution >= 4 is 10.1 Å². The minimum atomic E-state index is -3.74. The molecule has 0 fully saturated rings. The molecule has 2 unspecified atom stereocenters. The SMILES string of the molecule is CCC(COS(=O)(=O)c1ccc(C)cc1)C(CC)c1cccc(OC)c1. The molecule has 0 saturated heterocycles. The number of hydrogen-bond acceptors (Lipinski definition) is 4. The highest BCUT2D eigenvalue weighted by molar-refractivity contribution is 7.86. The average molecular weight is 377 g/mol. The van der Waals surface area contributed by atoms with Crippen molar-refractivity contribution in [3.05, 3.63) is 59.7 Å². The van der Waals surface area contributed by atoms with Crippen LogP contribution < -0.4 is 4.74 Å². The van der Waals surface area contributed by atoms with Gasteiger partial charge in [-0.25, -0.2) is 0 Å². The van der Waals surface area contributed by atoms with Gasteiger partial charge in [-0.05, 0) is 55.0 Å². The largest absolute Gasteiger partial charge is 0.497 e. The lowest BCUT2D eigenvalue weighted by Crippen LogP contribution is -2.20. The third-order valence-corrected chi connectivity index (χ3v) is 6.10. The molecule has 0 heterocycles. The van der Waals surface area contributed by atoms with E-state index in [-0.39, 0.29) is 23.3 Å². The molecule has 142 valence electrons. The fraction of sp³-hybridized carbons (Fsp3) is 0.429. The Hall–Kier alpha value is -1.85. The summed E-state index contributed by atoms with van der Waals surface area (Å²) in [4.78, 5) is 0.201. The predicted molar refractivity (Wildman–Crippen MR) is 104 cm³/mol. The molecule has 2 aromatic rings. The quantitative estimate of drug-likeness (QED) is 0.582. The normalized spacial score (nSPS) is 14.0. The van der Waals surface area contributed by atoms with Crippen LogP contribution in [0, 0.1) is 12.8 Å². The summed E-state index contributed by atoms with van der Waals surface area (Å²) in [6.45, 7) is 6.27. The van der Waals surface area contributed by atoms with Crippen molar-refractivity contribution in [1.29, 1.82) is 0 Å². The van der Waals surface area contributed by atoms with Gasteiger partial charge in [-0.15, -0.1) is 0 Å². The van der Waals surface area contributed by atoms with Gasteiger partial charge in [0, 0.05) is 0 Å². The molecule has 2 atom stereocenters. The van der Waals surface area contributed by atoms with E-state index in [1.807, 2.05) is 25.1 Å². The first-order chi connectivity index (χ1) is 12.4. The Morgan fingerprint density at radius 3 is 2.27 bits per heavy atom. The maximum atomic E-state index is 12.5. The van der Waals surface area contributed by atoms with Crippen LogP contribution in [-0.2, 0) is 14.3 Å². The van der Waals surface area contributed by atoms with Crippen LogP contribution in [0.1, 0.15) is 43.7 Å². The second kappa shape index (κ2) is 9.19. The molecule has 26 heavy (non-hydrogen) atoms. The standard InChI is InChI=1S/C21H28O4S/c1-5-17(21(6-2)18-8-7-9-19(14-18)24-4)15-25-26(22,23)20-12-10-16(3)11-13-20/h7-14,17,21H,5-6,15H2,1-4H3. The number of rotatable bonds is 9. The molecular weight excluding hydrogens is 348 g/mol. The number of aryl methyl sites for hydroxylation is 1. The lowest BCUT2D eigenvalue weighted by molar-refractivity contribution is 0.222. The Morgan fingerprint density at radius 2 is 1.69 bits per heavy atom. The summed E-state index contributed by atoms with van der Waals surface area (Å²) in [5.41, 5.74) is 2.16. The fourth-order valence-electron chi connectivity index (χ4n) is 3.18. The molecule has 2 aromatic carbocycles. The molecule has 0 bridgehead atoms. The van der Waals surface area contributed by atoms with Crippen LogP contribution in [0.2, 0.25) is 0 Å². The number of ether oxygens (including phenoxy) is 1. The van der Waals surface area contributed by atoms with E-state index >= 15 is 0 Å². The van der Waals surface area contributed by atoms with Crippen LogP contribution in [0.15, 0.2) is 53.4 Å². The van der Waals surface area contributed by atoms with Gasteiger partial charge in [0.2, 0.25) is 0 Å². The highest BCUT2D eigenvalue weighted by Crippen LogP contribution is 2.33. The molecule has 0 radical (unpaired) electrons. The minimum Gasteiger partial charge on any atom is -0.497 e. The molecule has 2 rings (SSSR count). The zero-order chi connectivity index (χ0) is 19.2. The molecule has 0 aliphatic rings. The number of methoxy groups -OCH3 is 1. The Labute approximate surface area is 157 Å². The van der Waals surface area contributed by atoms with Gasteiger partial charge in [0.1, 0.15) is 5.75 Å². The highest BCUT2D eigenvalue weighted by atomic mass is 32.2. The maximum absolute atomic E-state index is 12.5. The van der Waals surface area contributed by atoms with Crippen molar-refractivity contribution < 1.29 is 17.3 Å².